The van der Waals surface area contributed by atoms with Crippen molar-refractivity contribution in [2.24, 2.45) is 5.92 Å². The Morgan fingerprint density at radius 3 is 2.31 bits per heavy atom. The predicted molar refractivity (Wildman–Crippen MR) is 103 cm³/mol. The molecule has 0 fully saturated rings. The molecule has 1 amide bonds. The number of ether oxygens (including phenoxy) is 2. The minimum Gasteiger partial charge on any atom is -0.497 e. The second kappa shape index (κ2) is 9.38. The lowest BCUT2D eigenvalue weighted by Crippen LogP contribution is -2.45. The molecule has 0 bridgehead atoms. The molecule has 0 aliphatic carbocycles. The van der Waals surface area contributed by atoms with Gasteiger partial charge in [-0.2, -0.15) is 0 Å². The highest BCUT2D eigenvalue weighted by atomic mass is 79.9. The van der Waals surface area contributed by atoms with E-state index in [9.17, 15) is 9.59 Å². The SMILES string of the molecule is COc1ccc(C(=O)N[C@H](C(=O)OCc2ccccc2Br)C(C)C)cc1. The van der Waals surface area contributed by atoms with Crippen LogP contribution >= 0.6 is 15.9 Å². The van der Waals surface area contributed by atoms with Gasteiger partial charge in [0, 0.05) is 15.6 Å². The molecule has 0 aliphatic rings. The second-order valence-corrected chi connectivity index (χ2v) is 6.98. The van der Waals surface area contributed by atoms with Gasteiger partial charge in [0.05, 0.1) is 7.11 Å². The standard InChI is InChI=1S/C20H22BrNO4/c1-13(2)18(20(24)26-12-15-6-4-5-7-17(15)21)22-19(23)14-8-10-16(25-3)11-9-14/h4-11,13,18H,12H2,1-3H3,(H,22,23)/t18-/m0/s1. The molecular weight excluding hydrogens is 398 g/mol. The first-order valence-corrected chi connectivity index (χ1v) is 9.06. The van der Waals surface area contributed by atoms with Gasteiger partial charge in [0.25, 0.3) is 5.91 Å². The van der Waals surface area contributed by atoms with E-state index in [1.54, 1.807) is 31.4 Å². The maximum Gasteiger partial charge on any atom is 0.329 e. The van der Waals surface area contributed by atoms with Crippen molar-refractivity contribution in [3.05, 3.63) is 64.1 Å². The van der Waals surface area contributed by atoms with Crippen LogP contribution in [0.25, 0.3) is 0 Å². The van der Waals surface area contributed by atoms with E-state index in [0.29, 0.717) is 11.3 Å². The molecule has 0 saturated heterocycles. The van der Waals surface area contributed by atoms with Crippen LogP contribution in [0.15, 0.2) is 53.0 Å². The molecule has 0 spiro atoms. The van der Waals surface area contributed by atoms with Gasteiger partial charge >= 0.3 is 5.97 Å². The van der Waals surface area contributed by atoms with Gasteiger partial charge in [0.15, 0.2) is 0 Å². The average molecular weight is 420 g/mol. The number of benzene rings is 2. The third-order valence-electron chi connectivity index (χ3n) is 3.89. The molecular formula is C20H22BrNO4. The second-order valence-electron chi connectivity index (χ2n) is 6.12. The summed E-state index contributed by atoms with van der Waals surface area (Å²) in [6, 6.07) is 13.5. The Morgan fingerprint density at radius 1 is 1.08 bits per heavy atom. The molecule has 0 aliphatic heterocycles. The van der Waals surface area contributed by atoms with Gasteiger partial charge in [0.2, 0.25) is 0 Å². The molecule has 1 atom stereocenters. The zero-order valence-corrected chi connectivity index (χ0v) is 16.6. The molecule has 26 heavy (non-hydrogen) atoms. The molecule has 6 heteroatoms. The topological polar surface area (TPSA) is 64.6 Å². The minimum atomic E-state index is -0.730. The van der Waals surface area contributed by atoms with Crippen molar-refractivity contribution >= 4 is 27.8 Å². The first-order valence-electron chi connectivity index (χ1n) is 8.27. The summed E-state index contributed by atoms with van der Waals surface area (Å²) >= 11 is 3.42. The van der Waals surface area contributed by atoms with E-state index in [-0.39, 0.29) is 18.4 Å². The maximum absolute atomic E-state index is 12.5. The largest absolute Gasteiger partial charge is 0.497 e. The van der Waals surface area contributed by atoms with Gasteiger partial charge in [0.1, 0.15) is 18.4 Å². The highest BCUT2D eigenvalue weighted by molar-refractivity contribution is 9.10. The van der Waals surface area contributed by atoms with Crippen molar-refractivity contribution in [1.82, 2.24) is 5.32 Å². The smallest absolute Gasteiger partial charge is 0.329 e. The molecule has 0 aromatic heterocycles. The summed E-state index contributed by atoms with van der Waals surface area (Å²) in [5, 5.41) is 2.75. The fourth-order valence-electron chi connectivity index (χ4n) is 2.32. The van der Waals surface area contributed by atoms with Crippen LogP contribution < -0.4 is 10.1 Å². The molecule has 0 unspecified atom stereocenters. The molecule has 2 rings (SSSR count). The summed E-state index contributed by atoms with van der Waals surface area (Å²) in [6.07, 6.45) is 0. The van der Waals surface area contributed by atoms with Crippen LogP contribution in [0.4, 0.5) is 0 Å². The fraction of sp³-hybridized carbons (Fsp3) is 0.300. The van der Waals surface area contributed by atoms with Crippen molar-refractivity contribution in [2.45, 2.75) is 26.5 Å². The number of hydrogen-bond donors (Lipinski definition) is 1. The van der Waals surface area contributed by atoms with E-state index in [4.69, 9.17) is 9.47 Å². The number of methoxy groups -OCH3 is 1. The Labute approximate surface area is 161 Å². The lowest BCUT2D eigenvalue weighted by Gasteiger charge is -2.21. The lowest BCUT2D eigenvalue weighted by molar-refractivity contribution is -0.148. The van der Waals surface area contributed by atoms with Crippen molar-refractivity contribution in [1.29, 1.82) is 0 Å². The van der Waals surface area contributed by atoms with E-state index in [2.05, 4.69) is 21.2 Å². The minimum absolute atomic E-state index is 0.107. The maximum atomic E-state index is 12.5. The number of nitrogens with one attached hydrogen (secondary N) is 1. The van der Waals surface area contributed by atoms with Crippen molar-refractivity contribution < 1.29 is 19.1 Å². The predicted octanol–water partition coefficient (Wildman–Crippen LogP) is 3.96. The number of amides is 1. The summed E-state index contributed by atoms with van der Waals surface area (Å²) in [5.41, 5.74) is 1.32. The fourth-order valence-corrected chi connectivity index (χ4v) is 2.72. The Hall–Kier alpha value is -2.34. The average Bonchev–Trinajstić information content (AvgIpc) is 2.64. The Balaban J connectivity index is 2.01. The Kier molecular flexibility index (Phi) is 7.21. The number of carbonyl (C=O) groups is 2. The van der Waals surface area contributed by atoms with Crippen molar-refractivity contribution in [3.63, 3.8) is 0 Å². The highest BCUT2D eigenvalue weighted by Gasteiger charge is 2.26. The Morgan fingerprint density at radius 2 is 1.73 bits per heavy atom. The van der Waals surface area contributed by atoms with Crippen molar-refractivity contribution in [2.75, 3.05) is 7.11 Å². The molecule has 0 radical (unpaired) electrons. The van der Waals surface area contributed by atoms with Crippen LogP contribution in [0.2, 0.25) is 0 Å². The van der Waals surface area contributed by atoms with Crippen LogP contribution in [0, 0.1) is 5.92 Å². The molecule has 1 N–H and O–H groups in total. The van der Waals surface area contributed by atoms with E-state index >= 15 is 0 Å². The van der Waals surface area contributed by atoms with Crippen LogP contribution in [0.3, 0.4) is 0 Å². The van der Waals surface area contributed by atoms with Gasteiger partial charge in [-0.05, 0) is 36.2 Å². The quantitative estimate of drug-likeness (QED) is 0.689. The third-order valence-corrected chi connectivity index (χ3v) is 4.66. The zero-order valence-electron chi connectivity index (χ0n) is 15.0. The van der Waals surface area contributed by atoms with Gasteiger partial charge in [-0.3, -0.25) is 4.79 Å². The van der Waals surface area contributed by atoms with E-state index < -0.39 is 12.0 Å². The summed E-state index contributed by atoms with van der Waals surface area (Å²) in [6.45, 7) is 3.86. The van der Waals surface area contributed by atoms with Gasteiger partial charge < -0.3 is 14.8 Å². The lowest BCUT2D eigenvalue weighted by atomic mass is 10.0. The number of rotatable bonds is 7. The number of hydrogen-bond acceptors (Lipinski definition) is 4. The summed E-state index contributed by atoms with van der Waals surface area (Å²) in [4.78, 5) is 24.9. The molecule has 0 saturated carbocycles. The summed E-state index contributed by atoms with van der Waals surface area (Å²) < 4.78 is 11.4. The Bertz CT molecular complexity index is 759. The van der Waals surface area contributed by atoms with Crippen LogP contribution in [-0.4, -0.2) is 25.0 Å². The normalized spacial score (nSPS) is 11.7. The molecule has 5 nitrogen and oxygen atoms in total. The summed E-state index contributed by atoms with van der Waals surface area (Å²) in [7, 11) is 1.56. The molecule has 0 heterocycles. The van der Waals surface area contributed by atoms with Crippen LogP contribution in [0.1, 0.15) is 29.8 Å². The van der Waals surface area contributed by atoms with Crippen LogP contribution in [0.5, 0.6) is 5.75 Å². The van der Waals surface area contributed by atoms with E-state index in [1.165, 1.54) is 0 Å². The zero-order chi connectivity index (χ0) is 19.1. The molecule has 2 aromatic carbocycles. The van der Waals surface area contributed by atoms with Gasteiger partial charge in [-0.25, -0.2) is 4.79 Å². The third kappa shape index (κ3) is 5.33. The number of halogens is 1. The van der Waals surface area contributed by atoms with Gasteiger partial charge in [-0.1, -0.05) is 48.0 Å². The molecule has 2 aromatic rings. The number of carbonyl (C=O) groups excluding carboxylic acids is 2. The molecule has 138 valence electrons. The van der Waals surface area contributed by atoms with E-state index in [1.807, 2.05) is 38.1 Å². The van der Waals surface area contributed by atoms with E-state index in [0.717, 1.165) is 10.0 Å². The number of esters is 1. The first kappa shape index (κ1) is 20.0. The van der Waals surface area contributed by atoms with Crippen LogP contribution in [-0.2, 0) is 16.1 Å². The first-order chi connectivity index (χ1) is 12.4. The van der Waals surface area contributed by atoms with Crippen molar-refractivity contribution in [3.8, 4) is 5.75 Å². The summed E-state index contributed by atoms with van der Waals surface area (Å²) in [5.74, 6) is -0.236. The van der Waals surface area contributed by atoms with Gasteiger partial charge in [-0.15, -0.1) is 0 Å². The monoisotopic (exact) mass is 419 g/mol. The highest BCUT2D eigenvalue weighted by Crippen LogP contribution is 2.18.